The van der Waals surface area contributed by atoms with Crippen LogP contribution in [0.15, 0.2) is 35.5 Å². The van der Waals surface area contributed by atoms with Crippen molar-refractivity contribution in [1.82, 2.24) is 20.1 Å². The zero-order chi connectivity index (χ0) is 15.3. The summed E-state index contributed by atoms with van der Waals surface area (Å²) in [5, 5.41) is 7.09. The van der Waals surface area contributed by atoms with E-state index in [1.165, 1.54) is 11.0 Å². The first-order valence-electron chi connectivity index (χ1n) is 6.69. The molecule has 0 saturated heterocycles. The van der Waals surface area contributed by atoms with E-state index < -0.39 is 10.0 Å². The van der Waals surface area contributed by atoms with Crippen molar-refractivity contribution in [2.45, 2.75) is 24.8 Å². The molecule has 0 aliphatic heterocycles. The highest BCUT2D eigenvalue weighted by atomic mass is 32.2. The molecule has 114 valence electrons. The Balaban J connectivity index is 2.08. The third-order valence-electron chi connectivity index (χ3n) is 2.93. The van der Waals surface area contributed by atoms with Crippen LogP contribution in [-0.2, 0) is 23.6 Å². The standard InChI is InChI=1S/C13H19N5O2S/c1-3-8-14-9-11-4-6-12(7-5-11)21(19,20)17-13-15-10-16-18(13)2/h4-7,10,14H,3,8-9H2,1-2H3,(H,15,16,17). The van der Waals surface area contributed by atoms with E-state index in [9.17, 15) is 8.42 Å². The van der Waals surface area contributed by atoms with E-state index in [1.807, 2.05) is 0 Å². The maximum absolute atomic E-state index is 12.2. The van der Waals surface area contributed by atoms with Gasteiger partial charge in [-0.3, -0.25) is 0 Å². The Kier molecular flexibility index (Phi) is 4.92. The van der Waals surface area contributed by atoms with Gasteiger partial charge in [-0.1, -0.05) is 19.1 Å². The predicted octanol–water partition coefficient (Wildman–Crippen LogP) is 1.12. The summed E-state index contributed by atoms with van der Waals surface area (Å²) in [6, 6.07) is 6.77. The number of rotatable bonds is 7. The minimum absolute atomic E-state index is 0.184. The lowest BCUT2D eigenvalue weighted by Crippen LogP contribution is -2.17. The van der Waals surface area contributed by atoms with Crippen molar-refractivity contribution < 1.29 is 8.42 Å². The van der Waals surface area contributed by atoms with Crippen LogP contribution in [0.1, 0.15) is 18.9 Å². The Morgan fingerprint density at radius 3 is 2.52 bits per heavy atom. The quantitative estimate of drug-likeness (QED) is 0.748. The monoisotopic (exact) mass is 309 g/mol. The Morgan fingerprint density at radius 2 is 1.95 bits per heavy atom. The number of hydrogen-bond acceptors (Lipinski definition) is 5. The SMILES string of the molecule is CCCNCc1ccc(S(=O)(=O)Nc2ncnn2C)cc1. The van der Waals surface area contributed by atoms with Crippen molar-refractivity contribution in [3.63, 3.8) is 0 Å². The molecule has 0 saturated carbocycles. The molecule has 0 unspecified atom stereocenters. The highest BCUT2D eigenvalue weighted by molar-refractivity contribution is 7.92. The number of nitrogens with one attached hydrogen (secondary N) is 2. The Morgan fingerprint density at radius 1 is 1.24 bits per heavy atom. The van der Waals surface area contributed by atoms with Gasteiger partial charge in [-0.25, -0.2) is 17.8 Å². The zero-order valence-electron chi connectivity index (χ0n) is 12.1. The summed E-state index contributed by atoms with van der Waals surface area (Å²) in [6.07, 6.45) is 2.36. The normalized spacial score (nSPS) is 11.5. The van der Waals surface area contributed by atoms with E-state index in [2.05, 4.69) is 27.0 Å². The van der Waals surface area contributed by atoms with Crippen molar-refractivity contribution >= 4 is 16.0 Å². The molecule has 0 atom stereocenters. The van der Waals surface area contributed by atoms with Crippen molar-refractivity contribution in [2.75, 3.05) is 11.3 Å². The average molecular weight is 309 g/mol. The minimum Gasteiger partial charge on any atom is -0.313 e. The molecule has 2 rings (SSSR count). The molecular formula is C13H19N5O2S. The van der Waals surface area contributed by atoms with Crippen LogP contribution >= 0.6 is 0 Å². The number of hydrogen-bond donors (Lipinski definition) is 2. The van der Waals surface area contributed by atoms with Crippen LogP contribution in [0, 0.1) is 0 Å². The van der Waals surface area contributed by atoms with Crippen LogP contribution < -0.4 is 10.0 Å². The summed E-state index contributed by atoms with van der Waals surface area (Å²) in [6.45, 7) is 3.76. The molecule has 0 aliphatic rings. The Bertz CT molecular complexity index is 679. The molecule has 8 heteroatoms. The van der Waals surface area contributed by atoms with E-state index in [1.54, 1.807) is 31.3 Å². The summed E-state index contributed by atoms with van der Waals surface area (Å²) in [4.78, 5) is 4.04. The molecule has 0 radical (unpaired) electrons. The lowest BCUT2D eigenvalue weighted by atomic mass is 10.2. The fraction of sp³-hybridized carbons (Fsp3) is 0.385. The first-order chi connectivity index (χ1) is 10.0. The molecule has 1 heterocycles. The van der Waals surface area contributed by atoms with Crippen LogP contribution in [0.5, 0.6) is 0 Å². The van der Waals surface area contributed by atoms with Crippen LogP contribution in [0.25, 0.3) is 0 Å². The van der Waals surface area contributed by atoms with E-state index in [0.717, 1.165) is 25.1 Å². The van der Waals surface area contributed by atoms with Gasteiger partial charge in [-0.2, -0.15) is 10.1 Å². The fourth-order valence-corrected chi connectivity index (χ4v) is 2.80. The van der Waals surface area contributed by atoms with Gasteiger partial charge in [-0.05, 0) is 30.7 Å². The van der Waals surface area contributed by atoms with E-state index in [0.29, 0.717) is 0 Å². The average Bonchev–Trinajstić information content (AvgIpc) is 2.84. The first-order valence-corrected chi connectivity index (χ1v) is 8.17. The summed E-state index contributed by atoms with van der Waals surface area (Å²) in [7, 11) is -2.02. The van der Waals surface area contributed by atoms with Gasteiger partial charge >= 0.3 is 0 Å². The van der Waals surface area contributed by atoms with Crippen molar-refractivity contribution in [1.29, 1.82) is 0 Å². The van der Waals surface area contributed by atoms with Crippen LogP contribution in [0.2, 0.25) is 0 Å². The van der Waals surface area contributed by atoms with Crippen molar-refractivity contribution in [2.24, 2.45) is 7.05 Å². The van der Waals surface area contributed by atoms with Gasteiger partial charge in [0, 0.05) is 13.6 Å². The summed E-state index contributed by atoms with van der Waals surface area (Å²) >= 11 is 0. The maximum Gasteiger partial charge on any atom is 0.264 e. The zero-order valence-corrected chi connectivity index (χ0v) is 12.9. The molecule has 2 N–H and O–H groups in total. The molecule has 0 amide bonds. The van der Waals surface area contributed by atoms with Crippen LogP contribution in [0.3, 0.4) is 0 Å². The molecule has 21 heavy (non-hydrogen) atoms. The van der Waals surface area contributed by atoms with Crippen molar-refractivity contribution in [3.05, 3.63) is 36.2 Å². The molecular weight excluding hydrogens is 290 g/mol. The highest BCUT2D eigenvalue weighted by Crippen LogP contribution is 2.14. The van der Waals surface area contributed by atoms with Crippen molar-refractivity contribution in [3.8, 4) is 0 Å². The molecule has 0 bridgehead atoms. The van der Waals surface area contributed by atoms with Gasteiger partial charge in [0.15, 0.2) is 0 Å². The molecule has 0 aliphatic carbocycles. The first kappa shape index (κ1) is 15.5. The van der Waals surface area contributed by atoms with Gasteiger partial charge in [-0.15, -0.1) is 0 Å². The molecule has 1 aromatic heterocycles. The number of nitrogens with zero attached hydrogens (tertiary/aromatic N) is 3. The van der Waals surface area contributed by atoms with E-state index in [-0.39, 0.29) is 10.8 Å². The minimum atomic E-state index is -3.64. The second-order valence-corrected chi connectivity index (χ2v) is 6.32. The molecule has 0 spiro atoms. The number of aromatic nitrogens is 3. The summed E-state index contributed by atoms with van der Waals surface area (Å²) < 4.78 is 28.2. The Hall–Kier alpha value is -1.93. The number of anilines is 1. The molecule has 7 nitrogen and oxygen atoms in total. The predicted molar refractivity (Wildman–Crippen MR) is 80.3 cm³/mol. The summed E-state index contributed by atoms with van der Waals surface area (Å²) in [5.41, 5.74) is 1.04. The van der Waals surface area contributed by atoms with Gasteiger partial charge in [0.1, 0.15) is 6.33 Å². The summed E-state index contributed by atoms with van der Waals surface area (Å²) in [5.74, 6) is 0.184. The lowest BCUT2D eigenvalue weighted by molar-refractivity contribution is 0.600. The van der Waals surface area contributed by atoms with Gasteiger partial charge < -0.3 is 5.32 Å². The highest BCUT2D eigenvalue weighted by Gasteiger charge is 2.16. The fourth-order valence-electron chi connectivity index (χ4n) is 1.76. The maximum atomic E-state index is 12.2. The molecule has 2 aromatic rings. The van der Waals surface area contributed by atoms with Gasteiger partial charge in [0.25, 0.3) is 10.0 Å². The number of sulfonamides is 1. The lowest BCUT2D eigenvalue weighted by Gasteiger charge is -2.08. The molecule has 1 aromatic carbocycles. The largest absolute Gasteiger partial charge is 0.313 e. The smallest absolute Gasteiger partial charge is 0.264 e. The van der Waals surface area contributed by atoms with E-state index >= 15 is 0 Å². The van der Waals surface area contributed by atoms with E-state index in [4.69, 9.17) is 0 Å². The number of benzene rings is 1. The Labute approximate surface area is 124 Å². The molecule has 0 fully saturated rings. The van der Waals surface area contributed by atoms with Gasteiger partial charge in [0.05, 0.1) is 4.90 Å². The van der Waals surface area contributed by atoms with Crippen LogP contribution in [0.4, 0.5) is 5.95 Å². The third-order valence-corrected chi connectivity index (χ3v) is 4.27. The second-order valence-electron chi connectivity index (χ2n) is 4.63. The second kappa shape index (κ2) is 6.68. The van der Waals surface area contributed by atoms with Gasteiger partial charge in [0.2, 0.25) is 5.95 Å². The number of aryl methyl sites for hydroxylation is 1. The topological polar surface area (TPSA) is 88.9 Å². The third kappa shape index (κ3) is 4.02. The van der Waals surface area contributed by atoms with Crippen LogP contribution in [-0.4, -0.2) is 29.7 Å².